The van der Waals surface area contributed by atoms with E-state index >= 15 is 0 Å². The van der Waals surface area contributed by atoms with Crippen LogP contribution in [0.3, 0.4) is 0 Å². The molecule has 1 fully saturated rings. The van der Waals surface area contributed by atoms with Crippen LogP contribution in [-0.4, -0.2) is 24.5 Å². The van der Waals surface area contributed by atoms with Gasteiger partial charge in [-0.3, -0.25) is 0 Å². The number of benzene rings is 1. The smallest absolute Gasteiger partial charge is 0.0318 e. The summed E-state index contributed by atoms with van der Waals surface area (Å²) < 4.78 is 1.13. The predicted octanol–water partition coefficient (Wildman–Crippen LogP) is 3.96. The predicted molar refractivity (Wildman–Crippen MR) is 85.1 cm³/mol. The molecule has 0 amide bonds. The number of rotatable bonds is 6. The molecule has 2 atom stereocenters. The van der Waals surface area contributed by atoms with Crippen LogP contribution in [-0.2, 0) is 0 Å². The summed E-state index contributed by atoms with van der Waals surface area (Å²) in [6, 6.07) is 8.44. The standard InChI is InChI=1S/C16H25BrN2/c1-2-5-13-8-10-19(12-13)11-9-16(18)14-6-3-4-7-15(14)17/h3-4,6-7,13,16H,2,5,8-12,18H2,1H3. The van der Waals surface area contributed by atoms with E-state index in [0.717, 1.165) is 23.4 Å². The maximum Gasteiger partial charge on any atom is 0.0318 e. The first-order valence-electron chi connectivity index (χ1n) is 7.43. The molecule has 0 radical (unpaired) electrons. The summed E-state index contributed by atoms with van der Waals surface area (Å²) in [5.74, 6) is 0.921. The number of hydrogen-bond acceptors (Lipinski definition) is 2. The molecular weight excluding hydrogens is 300 g/mol. The molecule has 1 aromatic carbocycles. The zero-order valence-corrected chi connectivity index (χ0v) is 13.4. The average Bonchev–Trinajstić information content (AvgIpc) is 2.85. The average molecular weight is 325 g/mol. The van der Waals surface area contributed by atoms with E-state index in [1.807, 2.05) is 6.07 Å². The Balaban J connectivity index is 1.78. The quantitative estimate of drug-likeness (QED) is 0.858. The van der Waals surface area contributed by atoms with E-state index in [0.29, 0.717) is 0 Å². The maximum absolute atomic E-state index is 6.31. The fourth-order valence-electron chi connectivity index (χ4n) is 3.01. The normalized spacial score (nSPS) is 21.7. The van der Waals surface area contributed by atoms with Gasteiger partial charge in [0.2, 0.25) is 0 Å². The fourth-order valence-corrected chi connectivity index (χ4v) is 3.59. The van der Waals surface area contributed by atoms with Crippen LogP contribution >= 0.6 is 15.9 Å². The van der Waals surface area contributed by atoms with Crippen molar-refractivity contribution in [3.05, 3.63) is 34.3 Å². The molecule has 1 heterocycles. The lowest BCUT2D eigenvalue weighted by Crippen LogP contribution is -2.25. The molecule has 2 N–H and O–H groups in total. The van der Waals surface area contributed by atoms with Gasteiger partial charge in [0.25, 0.3) is 0 Å². The van der Waals surface area contributed by atoms with Gasteiger partial charge in [-0.2, -0.15) is 0 Å². The minimum absolute atomic E-state index is 0.140. The summed E-state index contributed by atoms with van der Waals surface area (Å²) in [4.78, 5) is 2.58. The molecule has 2 nitrogen and oxygen atoms in total. The lowest BCUT2D eigenvalue weighted by atomic mass is 10.0. The highest BCUT2D eigenvalue weighted by molar-refractivity contribution is 9.10. The van der Waals surface area contributed by atoms with Crippen LogP contribution < -0.4 is 5.73 Å². The highest BCUT2D eigenvalue weighted by Crippen LogP contribution is 2.25. The molecule has 0 aromatic heterocycles. The SMILES string of the molecule is CCCC1CCN(CCC(N)c2ccccc2Br)C1. The summed E-state index contributed by atoms with van der Waals surface area (Å²) in [6.45, 7) is 5.94. The minimum atomic E-state index is 0.140. The van der Waals surface area contributed by atoms with Gasteiger partial charge in [-0.25, -0.2) is 0 Å². The van der Waals surface area contributed by atoms with Crippen molar-refractivity contribution in [2.24, 2.45) is 11.7 Å². The number of nitrogens with two attached hydrogens (primary N) is 1. The molecule has 0 saturated carbocycles. The van der Waals surface area contributed by atoms with E-state index in [1.165, 1.54) is 37.9 Å². The maximum atomic E-state index is 6.31. The highest BCUT2D eigenvalue weighted by atomic mass is 79.9. The Hall–Kier alpha value is -0.380. The van der Waals surface area contributed by atoms with Crippen molar-refractivity contribution in [3.63, 3.8) is 0 Å². The monoisotopic (exact) mass is 324 g/mol. The molecule has 2 rings (SSSR count). The molecular formula is C16H25BrN2. The molecule has 1 aliphatic heterocycles. The molecule has 106 valence electrons. The Labute approximate surface area is 125 Å². The summed E-state index contributed by atoms with van der Waals surface area (Å²) in [6.07, 6.45) is 5.11. The first-order valence-corrected chi connectivity index (χ1v) is 8.22. The zero-order chi connectivity index (χ0) is 13.7. The van der Waals surface area contributed by atoms with Gasteiger partial charge in [0.1, 0.15) is 0 Å². The molecule has 0 spiro atoms. The van der Waals surface area contributed by atoms with E-state index in [4.69, 9.17) is 5.73 Å². The van der Waals surface area contributed by atoms with Gasteiger partial charge in [0.15, 0.2) is 0 Å². The lowest BCUT2D eigenvalue weighted by molar-refractivity contribution is 0.306. The van der Waals surface area contributed by atoms with Gasteiger partial charge in [-0.05, 0) is 49.9 Å². The van der Waals surface area contributed by atoms with E-state index in [9.17, 15) is 0 Å². The second kappa shape index (κ2) is 7.41. The van der Waals surface area contributed by atoms with Gasteiger partial charge in [0.05, 0.1) is 0 Å². The van der Waals surface area contributed by atoms with Crippen molar-refractivity contribution in [3.8, 4) is 0 Å². The molecule has 0 aliphatic carbocycles. The third kappa shape index (κ3) is 4.30. The molecule has 2 unspecified atom stereocenters. The van der Waals surface area contributed by atoms with Crippen LogP contribution in [0, 0.1) is 5.92 Å². The van der Waals surface area contributed by atoms with Crippen LogP contribution in [0.5, 0.6) is 0 Å². The largest absolute Gasteiger partial charge is 0.324 e. The van der Waals surface area contributed by atoms with E-state index in [1.54, 1.807) is 0 Å². The Morgan fingerprint density at radius 2 is 2.21 bits per heavy atom. The van der Waals surface area contributed by atoms with Crippen LogP contribution in [0.15, 0.2) is 28.7 Å². The van der Waals surface area contributed by atoms with Crippen molar-refractivity contribution in [1.82, 2.24) is 4.90 Å². The van der Waals surface area contributed by atoms with Crippen molar-refractivity contribution in [2.75, 3.05) is 19.6 Å². The Morgan fingerprint density at radius 3 is 2.95 bits per heavy atom. The van der Waals surface area contributed by atoms with Gasteiger partial charge >= 0.3 is 0 Å². The van der Waals surface area contributed by atoms with Crippen molar-refractivity contribution in [2.45, 2.75) is 38.6 Å². The number of nitrogens with zero attached hydrogens (tertiary/aromatic N) is 1. The van der Waals surface area contributed by atoms with Crippen LogP contribution in [0.1, 0.15) is 44.2 Å². The molecule has 1 aromatic rings. The molecule has 3 heteroatoms. The Morgan fingerprint density at radius 1 is 1.42 bits per heavy atom. The van der Waals surface area contributed by atoms with E-state index in [2.05, 4.69) is 46.0 Å². The molecule has 19 heavy (non-hydrogen) atoms. The molecule has 0 bridgehead atoms. The number of likely N-dealkylation sites (tertiary alicyclic amines) is 1. The van der Waals surface area contributed by atoms with Crippen molar-refractivity contribution < 1.29 is 0 Å². The summed E-state index contributed by atoms with van der Waals surface area (Å²) in [5.41, 5.74) is 7.54. The Kier molecular flexibility index (Phi) is 5.86. The minimum Gasteiger partial charge on any atom is -0.324 e. The summed E-state index contributed by atoms with van der Waals surface area (Å²) in [7, 11) is 0. The first-order chi connectivity index (χ1) is 9.20. The zero-order valence-electron chi connectivity index (χ0n) is 11.8. The van der Waals surface area contributed by atoms with Crippen LogP contribution in [0.25, 0.3) is 0 Å². The van der Waals surface area contributed by atoms with Gasteiger partial charge < -0.3 is 10.6 Å². The van der Waals surface area contributed by atoms with Crippen LogP contribution in [0.4, 0.5) is 0 Å². The third-order valence-corrected chi connectivity index (χ3v) is 4.85. The summed E-state index contributed by atoms with van der Waals surface area (Å²) in [5, 5.41) is 0. The third-order valence-electron chi connectivity index (χ3n) is 4.13. The van der Waals surface area contributed by atoms with Gasteiger partial charge in [-0.1, -0.05) is 47.5 Å². The Bertz CT molecular complexity index is 394. The highest BCUT2D eigenvalue weighted by Gasteiger charge is 2.22. The number of halogens is 1. The first kappa shape index (κ1) is 15.0. The van der Waals surface area contributed by atoms with E-state index in [-0.39, 0.29) is 6.04 Å². The van der Waals surface area contributed by atoms with Crippen LogP contribution in [0.2, 0.25) is 0 Å². The van der Waals surface area contributed by atoms with E-state index < -0.39 is 0 Å². The van der Waals surface area contributed by atoms with Gasteiger partial charge in [-0.15, -0.1) is 0 Å². The van der Waals surface area contributed by atoms with Crippen molar-refractivity contribution >= 4 is 15.9 Å². The number of hydrogen-bond donors (Lipinski definition) is 1. The molecule has 1 aliphatic rings. The molecule has 1 saturated heterocycles. The topological polar surface area (TPSA) is 29.3 Å². The lowest BCUT2D eigenvalue weighted by Gasteiger charge is -2.20. The van der Waals surface area contributed by atoms with Gasteiger partial charge in [0, 0.05) is 17.1 Å². The second-order valence-electron chi connectivity index (χ2n) is 5.66. The fraction of sp³-hybridized carbons (Fsp3) is 0.625. The van der Waals surface area contributed by atoms with Crippen molar-refractivity contribution in [1.29, 1.82) is 0 Å². The summed E-state index contributed by atoms with van der Waals surface area (Å²) >= 11 is 3.59. The second-order valence-corrected chi connectivity index (χ2v) is 6.52.